The molecule has 2 rings (SSSR count). The molecule has 0 aromatic heterocycles. The van der Waals surface area contributed by atoms with Crippen molar-refractivity contribution < 1.29 is 0 Å². The van der Waals surface area contributed by atoms with Crippen LogP contribution in [0.15, 0.2) is 28.7 Å². The van der Waals surface area contributed by atoms with E-state index in [1.165, 1.54) is 40.9 Å². The minimum atomic E-state index is 0.892. The molecule has 1 N–H and O–H groups in total. The fourth-order valence-electron chi connectivity index (χ4n) is 2.00. The van der Waals surface area contributed by atoms with Crippen molar-refractivity contribution in [3.05, 3.63) is 34.3 Å². The van der Waals surface area contributed by atoms with E-state index in [0.29, 0.717) is 0 Å². The van der Waals surface area contributed by atoms with Gasteiger partial charge < -0.3 is 5.32 Å². The lowest BCUT2D eigenvalue weighted by Crippen LogP contribution is -2.25. The Morgan fingerprint density at radius 2 is 2.00 bits per heavy atom. The summed E-state index contributed by atoms with van der Waals surface area (Å²) in [6.07, 6.45) is 2.77. The Bertz CT molecular complexity index is 323. The Morgan fingerprint density at radius 3 is 2.75 bits per heavy atom. The fourth-order valence-corrected chi connectivity index (χ4v) is 3.63. The van der Waals surface area contributed by atoms with E-state index in [9.17, 15) is 0 Å². The molecule has 0 aliphatic carbocycles. The van der Waals surface area contributed by atoms with Crippen molar-refractivity contribution in [2.75, 3.05) is 18.1 Å². The van der Waals surface area contributed by atoms with Crippen LogP contribution in [0.2, 0.25) is 0 Å². The molecule has 1 fully saturated rings. The summed E-state index contributed by atoms with van der Waals surface area (Å²) in [5, 5.41) is 3.57. The molecule has 1 heterocycles. The standard InChI is InChI=1S/C13H18BrNS/c14-13-4-2-1-3-12(13)10-15-9-11-5-7-16-8-6-11/h1-4,11,15H,5-10H2. The van der Waals surface area contributed by atoms with Crippen LogP contribution in [-0.2, 0) is 6.54 Å². The van der Waals surface area contributed by atoms with Gasteiger partial charge in [0.15, 0.2) is 0 Å². The van der Waals surface area contributed by atoms with Gasteiger partial charge in [-0.3, -0.25) is 0 Å². The number of rotatable bonds is 4. The molecule has 0 radical (unpaired) electrons. The van der Waals surface area contributed by atoms with Crippen LogP contribution in [0.3, 0.4) is 0 Å². The predicted molar refractivity (Wildman–Crippen MR) is 75.9 cm³/mol. The molecule has 0 unspecified atom stereocenters. The minimum Gasteiger partial charge on any atom is -0.312 e. The summed E-state index contributed by atoms with van der Waals surface area (Å²) in [5.41, 5.74) is 1.35. The van der Waals surface area contributed by atoms with Gasteiger partial charge in [0, 0.05) is 11.0 Å². The summed E-state index contributed by atoms with van der Waals surface area (Å²) in [5.74, 6) is 3.59. The Morgan fingerprint density at radius 1 is 1.25 bits per heavy atom. The maximum atomic E-state index is 3.58. The van der Waals surface area contributed by atoms with Gasteiger partial charge >= 0.3 is 0 Å². The van der Waals surface area contributed by atoms with Crippen molar-refractivity contribution in [2.24, 2.45) is 5.92 Å². The third-order valence-electron chi connectivity index (χ3n) is 3.05. The molecule has 1 saturated heterocycles. The van der Waals surface area contributed by atoms with Crippen molar-refractivity contribution in [3.8, 4) is 0 Å². The third kappa shape index (κ3) is 3.79. The second-order valence-corrected chi connectivity index (χ2v) is 6.36. The van der Waals surface area contributed by atoms with E-state index in [-0.39, 0.29) is 0 Å². The van der Waals surface area contributed by atoms with Crippen LogP contribution in [-0.4, -0.2) is 18.1 Å². The zero-order chi connectivity index (χ0) is 11.2. The zero-order valence-corrected chi connectivity index (χ0v) is 11.8. The van der Waals surface area contributed by atoms with Gasteiger partial charge in [0.1, 0.15) is 0 Å². The lowest BCUT2D eigenvalue weighted by molar-refractivity contribution is 0.447. The smallest absolute Gasteiger partial charge is 0.0220 e. The summed E-state index contributed by atoms with van der Waals surface area (Å²) < 4.78 is 1.21. The summed E-state index contributed by atoms with van der Waals surface area (Å²) in [7, 11) is 0. The summed E-state index contributed by atoms with van der Waals surface area (Å²) in [6.45, 7) is 2.15. The van der Waals surface area contributed by atoms with Gasteiger partial charge in [0.05, 0.1) is 0 Å². The molecule has 0 bridgehead atoms. The molecule has 88 valence electrons. The van der Waals surface area contributed by atoms with Crippen molar-refractivity contribution in [3.63, 3.8) is 0 Å². The molecule has 1 aliphatic rings. The van der Waals surface area contributed by atoms with Gasteiger partial charge in [-0.2, -0.15) is 11.8 Å². The lowest BCUT2D eigenvalue weighted by atomic mass is 10.0. The zero-order valence-electron chi connectivity index (χ0n) is 9.42. The normalized spacial score (nSPS) is 17.6. The summed E-state index contributed by atoms with van der Waals surface area (Å²) in [6, 6.07) is 8.44. The molecule has 0 spiro atoms. The van der Waals surface area contributed by atoms with Crippen LogP contribution in [0.25, 0.3) is 0 Å². The summed E-state index contributed by atoms with van der Waals surface area (Å²) in [4.78, 5) is 0. The SMILES string of the molecule is Brc1ccccc1CNCC1CCSCC1. The van der Waals surface area contributed by atoms with Gasteiger partial charge in [0.25, 0.3) is 0 Å². The minimum absolute atomic E-state index is 0.892. The first-order valence-electron chi connectivity index (χ1n) is 5.88. The van der Waals surface area contributed by atoms with Gasteiger partial charge in [-0.15, -0.1) is 0 Å². The second kappa shape index (κ2) is 6.67. The Labute approximate surface area is 111 Å². The Kier molecular flexibility index (Phi) is 5.20. The van der Waals surface area contributed by atoms with Gasteiger partial charge in [-0.25, -0.2) is 0 Å². The van der Waals surface area contributed by atoms with E-state index in [4.69, 9.17) is 0 Å². The summed E-state index contributed by atoms with van der Waals surface area (Å²) >= 11 is 5.67. The van der Waals surface area contributed by atoms with Crippen LogP contribution < -0.4 is 5.32 Å². The number of thioether (sulfide) groups is 1. The number of hydrogen-bond donors (Lipinski definition) is 1. The van der Waals surface area contributed by atoms with Gasteiger partial charge in [-0.05, 0) is 48.4 Å². The molecule has 0 atom stereocenters. The highest BCUT2D eigenvalue weighted by molar-refractivity contribution is 9.10. The predicted octanol–water partition coefficient (Wildman–Crippen LogP) is 3.68. The van der Waals surface area contributed by atoms with Crippen molar-refractivity contribution in [1.82, 2.24) is 5.32 Å². The quantitative estimate of drug-likeness (QED) is 0.910. The first-order valence-corrected chi connectivity index (χ1v) is 7.83. The monoisotopic (exact) mass is 299 g/mol. The molecular formula is C13H18BrNS. The van der Waals surface area contributed by atoms with E-state index in [1.54, 1.807) is 0 Å². The van der Waals surface area contributed by atoms with Gasteiger partial charge in [-0.1, -0.05) is 34.1 Å². The van der Waals surface area contributed by atoms with E-state index >= 15 is 0 Å². The molecular weight excluding hydrogens is 282 g/mol. The number of benzene rings is 1. The van der Waals surface area contributed by atoms with Crippen molar-refractivity contribution in [1.29, 1.82) is 0 Å². The van der Waals surface area contributed by atoms with Crippen LogP contribution >= 0.6 is 27.7 Å². The molecule has 0 amide bonds. The first-order chi connectivity index (χ1) is 7.86. The number of hydrogen-bond acceptors (Lipinski definition) is 2. The van der Waals surface area contributed by atoms with Crippen LogP contribution in [0.1, 0.15) is 18.4 Å². The largest absolute Gasteiger partial charge is 0.312 e. The third-order valence-corrected chi connectivity index (χ3v) is 4.87. The highest BCUT2D eigenvalue weighted by atomic mass is 79.9. The Hall–Kier alpha value is 0.01000. The maximum absolute atomic E-state index is 3.58. The van der Waals surface area contributed by atoms with Crippen LogP contribution in [0, 0.1) is 5.92 Å². The first kappa shape index (κ1) is 12.5. The highest BCUT2D eigenvalue weighted by Gasteiger charge is 2.12. The Balaban J connectivity index is 1.73. The molecule has 1 aromatic rings. The topological polar surface area (TPSA) is 12.0 Å². The number of halogens is 1. The molecule has 0 saturated carbocycles. The molecule has 3 heteroatoms. The molecule has 16 heavy (non-hydrogen) atoms. The maximum Gasteiger partial charge on any atom is 0.0220 e. The molecule has 1 nitrogen and oxygen atoms in total. The van der Waals surface area contributed by atoms with E-state index in [0.717, 1.165) is 12.5 Å². The van der Waals surface area contributed by atoms with E-state index in [2.05, 4.69) is 57.3 Å². The molecule has 1 aromatic carbocycles. The van der Waals surface area contributed by atoms with Gasteiger partial charge in [0.2, 0.25) is 0 Å². The average Bonchev–Trinajstić information content (AvgIpc) is 2.33. The average molecular weight is 300 g/mol. The van der Waals surface area contributed by atoms with Crippen molar-refractivity contribution in [2.45, 2.75) is 19.4 Å². The van der Waals surface area contributed by atoms with Crippen molar-refractivity contribution >= 4 is 27.7 Å². The van der Waals surface area contributed by atoms with Crippen LogP contribution in [0.4, 0.5) is 0 Å². The lowest BCUT2D eigenvalue weighted by Gasteiger charge is -2.21. The second-order valence-electron chi connectivity index (χ2n) is 4.28. The highest BCUT2D eigenvalue weighted by Crippen LogP contribution is 2.22. The van der Waals surface area contributed by atoms with E-state index < -0.39 is 0 Å². The molecule has 1 aliphatic heterocycles. The number of nitrogens with one attached hydrogen (secondary N) is 1. The van der Waals surface area contributed by atoms with E-state index in [1.807, 2.05) is 0 Å². The fraction of sp³-hybridized carbons (Fsp3) is 0.538. The van der Waals surface area contributed by atoms with Crippen LogP contribution in [0.5, 0.6) is 0 Å².